The van der Waals surface area contributed by atoms with E-state index in [1.165, 1.54) is 10.5 Å². The Kier molecular flexibility index (Phi) is 6.04. The van der Waals surface area contributed by atoms with Crippen LogP contribution in [0, 0.1) is 0 Å². The zero-order valence-electron chi connectivity index (χ0n) is 17.5. The van der Waals surface area contributed by atoms with Gasteiger partial charge in [0.15, 0.2) is 0 Å². The van der Waals surface area contributed by atoms with E-state index in [2.05, 4.69) is 15.3 Å². The largest absolute Gasteiger partial charge is 0.444 e. The van der Waals surface area contributed by atoms with Crippen LogP contribution in [0.5, 0.6) is 0 Å². The molecule has 0 aliphatic carbocycles. The topological polar surface area (TPSA) is 125 Å². The predicted molar refractivity (Wildman–Crippen MR) is 110 cm³/mol. The highest BCUT2D eigenvalue weighted by molar-refractivity contribution is 7.89. The molecular weight excluding hydrogens is 410 g/mol. The Morgan fingerprint density at radius 1 is 1.23 bits per heavy atom. The van der Waals surface area contributed by atoms with Crippen molar-refractivity contribution in [3.63, 3.8) is 0 Å². The highest BCUT2D eigenvalue weighted by Crippen LogP contribution is 2.25. The first kappa shape index (κ1) is 22.0. The molecule has 0 unspecified atom stereocenters. The van der Waals surface area contributed by atoms with Gasteiger partial charge in [0.2, 0.25) is 15.9 Å². The Morgan fingerprint density at radius 3 is 2.53 bits per heavy atom. The fourth-order valence-electron chi connectivity index (χ4n) is 3.25. The molecule has 1 aliphatic rings. The van der Waals surface area contributed by atoms with E-state index in [9.17, 15) is 18.0 Å². The number of alkyl carbamates (subject to hydrolysis) is 1. The Balaban J connectivity index is 1.61. The molecule has 2 N–H and O–H groups in total. The van der Waals surface area contributed by atoms with Crippen molar-refractivity contribution in [1.82, 2.24) is 24.5 Å². The van der Waals surface area contributed by atoms with Gasteiger partial charge in [0.25, 0.3) is 0 Å². The van der Waals surface area contributed by atoms with Gasteiger partial charge in [-0.3, -0.25) is 4.79 Å². The number of sulfonamides is 1. The molecule has 0 aromatic carbocycles. The molecule has 30 heavy (non-hydrogen) atoms. The molecule has 1 atom stereocenters. The van der Waals surface area contributed by atoms with Gasteiger partial charge < -0.3 is 19.9 Å². The van der Waals surface area contributed by atoms with Crippen LogP contribution in [-0.4, -0.2) is 77.4 Å². The second-order valence-corrected chi connectivity index (χ2v) is 10.1. The molecule has 0 saturated carbocycles. The second kappa shape index (κ2) is 8.23. The van der Waals surface area contributed by atoms with Crippen LogP contribution in [0.25, 0.3) is 11.0 Å². The number of hydrogen-bond acceptors (Lipinski definition) is 6. The monoisotopic (exact) mass is 437 g/mol. The summed E-state index contributed by atoms with van der Waals surface area (Å²) in [5.41, 5.74) is -0.156. The molecule has 1 fully saturated rings. The fourth-order valence-corrected chi connectivity index (χ4v) is 4.82. The quantitative estimate of drug-likeness (QED) is 0.743. The number of hydrogen-bond donors (Lipinski definition) is 2. The van der Waals surface area contributed by atoms with E-state index in [-0.39, 0.29) is 37.0 Å². The van der Waals surface area contributed by atoms with E-state index in [1.54, 1.807) is 50.9 Å². The van der Waals surface area contributed by atoms with Crippen LogP contribution in [0.2, 0.25) is 0 Å². The van der Waals surface area contributed by atoms with Crippen molar-refractivity contribution in [1.29, 1.82) is 0 Å². The lowest BCUT2D eigenvalue weighted by Crippen LogP contribution is -2.55. The van der Waals surface area contributed by atoms with Gasteiger partial charge in [0.05, 0.1) is 0 Å². The highest BCUT2D eigenvalue weighted by atomic mass is 32.2. The van der Waals surface area contributed by atoms with Gasteiger partial charge in [-0.05, 0) is 39.8 Å². The lowest BCUT2D eigenvalue weighted by atomic mass is 10.2. The molecule has 3 rings (SSSR count). The maximum atomic E-state index is 13.1. The summed E-state index contributed by atoms with van der Waals surface area (Å²) in [6.07, 6.45) is 2.36. The number of carbonyl (C=O) groups excluding carboxylic acids is 2. The molecule has 2 amide bonds. The van der Waals surface area contributed by atoms with Crippen LogP contribution < -0.4 is 5.32 Å². The van der Waals surface area contributed by atoms with Crippen LogP contribution >= 0.6 is 0 Å². The van der Waals surface area contributed by atoms with Crippen molar-refractivity contribution in [2.24, 2.45) is 0 Å². The van der Waals surface area contributed by atoms with Crippen LogP contribution in [0.15, 0.2) is 29.4 Å². The SMILES string of the molecule is C[C@@H](NC(=O)OC(C)(C)C)C(=O)N1CCN(S(=O)(=O)c2c[nH]c3ncccc23)CC1. The molecule has 0 bridgehead atoms. The van der Waals surface area contributed by atoms with Gasteiger partial charge in [0, 0.05) is 44.0 Å². The fraction of sp³-hybridized carbons (Fsp3) is 0.526. The third-order valence-corrected chi connectivity index (χ3v) is 6.62. The molecule has 10 nitrogen and oxygen atoms in total. The summed E-state index contributed by atoms with van der Waals surface area (Å²) in [7, 11) is -3.72. The second-order valence-electron chi connectivity index (χ2n) is 8.15. The summed E-state index contributed by atoms with van der Waals surface area (Å²) in [5.74, 6) is -0.283. The maximum Gasteiger partial charge on any atom is 0.408 e. The number of piperazine rings is 1. The van der Waals surface area contributed by atoms with Crippen molar-refractivity contribution in [3.05, 3.63) is 24.5 Å². The number of amides is 2. The first-order valence-corrected chi connectivity index (χ1v) is 11.1. The van der Waals surface area contributed by atoms with Gasteiger partial charge >= 0.3 is 6.09 Å². The summed E-state index contributed by atoms with van der Waals surface area (Å²) in [6, 6.07) is 2.61. The van der Waals surface area contributed by atoms with Crippen LogP contribution in [0.4, 0.5) is 4.79 Å². The number of ether oxygens (including phenoxy) is 1. The van der Waals surface area contributed by atoms with Crippen molar-refractivity contribution < 1.29 is 22.7 Å². The van der Waals surface area contributed by atoms with Gasteiger partial charge in [-0.1, -0.05) is 0 Å². The number of aromatic amines is 1. The molecule has 1 aliphatic heterocycles. The lowest BCUT2D eigenvalue weighted by Gasteiger charge is -2.35. The molecule has 11 heteroatoms. The Hall–Kier alpha value is -2.66. The lowest BCUT2D eigenvalue weighted by molar-refractivity contribution is -0.134. The van der Waals surface area contributed by atoms with Crippen LogP contribution in [0.3, 0.4) is 0 Å². The van der Waals surface area contributed by atoms with Crippen LogP contribution in [0.1, 0.15) is 27.7 Å². The Morgan fingerprint density at radius 2 is 1.90 bits per heavy atom. The van der Waals surface area contributed by atoms with Crippen molar-refractivity contribution in [2.45, 2.75) is 44.2 Å². The molecule has 0 spiro atoms. The first-order valence-electron chi connectivity index (χ1n) is 9.69. The van der Waals surface area contributed by atoms with Crippen molar-refractivity contribution >= 4 is 33.1 Å². The average Bonchev–Trinajstić information content (AvgIpc) is 3.11. The molecule has 164 valence electrons. The van der Waals surface area contributed by atoms with E-state index in [1.807, 2.05) is 0 Å². The average molecular weight is 438 g/mol. The normalized spacial score (nSPS) is 17.0. The van der Waals surface area contributed by atoms with Gasteiger partial charge in [0.1, 0.15) is 22.2 Å². The molecule has 0 radical (unpaired) electrons. The number of fused-ring (bicyclic) bond motifs is 1. The molecule has 3 heterocycles. The smallest absolute Gasteiger partial charge is 0.408 e. The predicted octanol–water partition coefficient (Wildman–Crippen LogP) is 1.31. The van der Waals surface area contributed by atoms with Crippen molar-refractivity contribution in [3.8, 4) is 0 Å². The van der Waals surface area contributed by atoms with E-state index >= 15 is 0 Å². The molecular formula is C19H27N5O5S. The third kappa shape index (κ3) is 4.73. The van der Waals surface area contributed by atoms with Crippen LogP contribution in [-0.2, 0) is 19.6 Å². The van der Waals surface area contributed by atoms with E-state index in [4.69, 9.17) is 4.74 Å². The summed E-state index contributed by atoms with van der Waals surface area (Å²) in [4.78, 5) is 33.2. The number of nitrogens with zero attached hydrogens (tertiary/aromatic N) is 3. The number of aromatic nitrogens is 2. The van der Waals surface area contributed by atoms with Gasteiger partial charge in [-0.2, -0.15) is 4.31 Å². The van der Waals surface area contributed by atoms with E-state index in [0.717, 1.165) is 0 Å². The number of pyridine rings is 1. The highest BCUT2D eigenvalue weighted by Gasteiger charge is 2.33. The summed E-state index contributed by atoms with van der Waals surface area (Å²) in [5, 5.41) is 3.06. The Labute approximate surface area is 175 Å². The minimum atomic E-state index is -3.72. The number of nitrogens with one attached hydrogen (secondary N) is 2. The van der Waals surface area contributed by atoms with E-state index < -0.39 is 27.8 Å². The third-order valence-electron chi connectivity index (χ3n) is 4.68. The van der Waals surface area contributed by atoms with Gasteiger partial charge in [-0.25, -0.2) is 18.2 Å². The summed E-state index contributed by atoms with van der Waals surface area (Å²) in [6.45, 7) is 7.60. The van der Waals surface area contributed by atoms with Crippen molar-refractivity contribution in [2.75, 3.05) is 26.2 Å². The first-order chi connectivity index (χ1) is 14.0. The standard InChI is InChI=1S/C19H27N5O5S/c1-13(22-18(26)29-19(2,3)4)17(25)23-8-10-24(11-9-23)30(27,28)15-12-21-16-14(15)6-5-7-20-16/h5-7,12-13H,8-11H2,1-4H3,(H,20,21)(H,22,26)/t13-/m1/s1. The number of rotatable bonds is 4. The van der Waals surface area contributed by atoms with Gasteiger partial charge in [-0.15, -0.1) is 0 Å². The summed E-state index contributed by atoms with van der Waals surface area (Å²) < 4.78 is 32.6. The zero-order chi connectivity index (χ0) is 22.1. The number of H-pyrrole nitrogens is 1. The van der Waals surface area contributed by atoms with E-state index in [0.29, 0.717) is 11.0 Å². The minimum Gasteiger partial charge on any atom is -0.444 e. The molecule has 2 aromatic heterocycles. The number of carbonyl (C=O) groups is 2. The summed E-state index contributed by atoms with van der Waals surface area (Å²) >= 11 is 0. The minimum absolute atomic E-state index is 0.167. The molecule has 1 saturated heterocycles. The maximum absolute atomic E-state index is 13.1. The Bertz CT molecular complexity index is 1040. The zero-order valence-corrected chi connectivity index (χ0v) is 18.3. The molecule has 2 aromatic rings.